The molecule has 1 N–H and O–H groups in total. The van der Waals surface area contributed by atoms with Crippen molar-refractivity contribution in [2.45, 2.75) is 121 Å². The van der Waals surface area contributed by atoms with Crippen molar-refractivity contribution in [2.24, 2.45) is 0 Å². The molecule has 0 fully saturated rings. The average Bonchev–Trinajstić information content (AvgIpc) is 3.44. The van der Waals surface area contributed by atoms with Crippen LogP contribution in [0.25, 0.3) is 24.9 Å². The van der Waals surface area contributed by atoms with Crippen molar-refractivity contribution in [1.82, 2.24) is 5.32 Å². The van der Waals surface area contributed by atoms with E-state index in [-0.39, 0.29) is 12.0 Å². The van der Waals surface area contributed by atoms with Crippen LogP contribution in [0.4, 0.5) is 28.4 Å². The van der Waals surface area contributed by atoms with Crippen molar-refractivity contribution >= 4 is 34.3 Å². The van der Waals surface area contributed by atoms with Gasteiger partial charge in [-0.15, -0.1) is 6.58 Å². The normalized spacial score (nSPS) is 10.8. The number of rotatable bonds is 14. The first-order valence-electron chi connectivity index (χ1n) is 26.2. The molecule has 1 aliphatic heterocycles. The van der Waals surface area contributed by atoms with Gasteiger partial charge in [0.25, 0.3) is 0 Å². The number of hydrogen-bond donors (Lipinski definition) is 1. The highest BCUT2D eigenvalue weighted by molar-refractivity contribution is 5.72. The van der Waals surface area contributed by atoms with Gasteiger partial charge < -0.3 is 29.0 Å². The molecule has 0 aromatic heterocycles. The minimum atomic E-state index is -0.118. The van der Waals surface area contributed by atoms with Crippen LogP contribution in [-0.2, 0) is 30.5 Å². The molecule has 17 nitrogen and oxygen atoms in total. The molecule has 410 valence electrons. The van der Waals surface area contributed by atoms with Gasteiger partial charge in [-0.2, -0.15) is 0 Å². The molecule has 1 unspecified atom stereocenters. The molecule has 6 aromatic carbocycles. The van der Waals surface area contributed by atoms with Gasteiger partial charge in [0.05, 0.1) is 20.3 Å². The molecule has 0 spiro atoms. The van der Waals surface area contributed by atoms with Crippen molar-refractivity contribution in [3.63, 3.8) is 0 Å². The topological polar surface area (TPSA) is 216 Å². The molecule has 0 radical (unpaired) electrons. The van der Waals surface area contributed by atoms with E-state index in [0.717, 1.165) is 129 Å². The minimum absolute atomic E-state index is 0.0727. The maximum atomic E-state index is 10.7. The number of carbonyl (C=O) groups is 1. The molecule has 0 saturated heterocycles. The highest BCUT2D eigenvalue weighted by Gasteiger charge is 2.21. The standard InChI is InChI=1S/C18H21N2O3.C12H15N3O2.C12H13N2O.C11H15N2.C9H11N2/c1-12-9-17(10-13(2)18(12)20-19)23-14(3)11-22-16-7-5-15(21-4)6-8-16;1-8-6-11(15-13)7-9(2)12(8)17-5-4-14-10(3)16;1-2-4-9-7-11(14-13)8-10-5-3-6-15-12(9)10;1-4-9-6-8(3)7-10(5-2)11(9)13-12;1-6-4-9(11-10)5-7(2)8(6)3/h5-10,14H,11H2,1-4H3;6-7H,4-5H2,1-3H3;2,7-8H,1,3-6H2;6-7H,4-5H2,1-3H3;4-5H,1-3H3/q+1;;3*+1/p+1. The fourth-order valence-corrected chi connectivity index (χ4v) is 8.47. The van der Waals surface area contributed by atoms with E-state index in [1.165, 1.54) is 18.1 Å². The second kappa shape index (κ2) is 32.9. The molecular formula is C62H76N11O6+5. The van der Waals surface area contributed by atoms with Crippen LogP contribution < -0.4 is 29.0 Å². The summed E-state index contributed by atoms with van der Waals surface area (Å²) in [5.41, 5.74) is 15.9. The lowest BCUT2D eigenvalue weighted by Gasteiger charge is -2.18. The van der Waals surface area contributed by atoms with Crippen LogP contribution in [0.3, 0.4) is 0 Å². The number of allylic oxidation sites excluding steroid dienone is 1. The third kappa shape index (κ3) is 20.3. The lowest BCUT2D eigenvalue weighted by Crippen LogP contribution is -2.25. The van der Waals surface area contributed by atoms with Crippen LogP contribution in [0.15, 0.2) is 97.6 Å². The summed E-state index contributed by atoms with van der Waals surface area (Å²) in [7, 11) is 1.63. The zero-order chi connectivity index (χ0) is 58.6. The number of benzene rings is 6. The van der Waals surface area contributed by atoms with E-state index < -0.39 is 0 Å². The number of hydrogen-bond acceptors (Lipinski definition) is 11. The van der Waals surface area contributed by atoms with Crippen molar-refractivity contribution < 1.29 is 28.5 Å². The molecule has 6 aromatic rings. The van der Waals surface area contributed by atoms with E-state index in [1.54, 1.807) is 19.2 Å². The molecule has 1 atom stereocenters. The van der Waals surface area contributed by atoms with E-state index in [0.29, 0.717) is 42.5 Å². The summed E-state index contributed by atoms with van der Waals surface area (Å²) in [5, 5.41) is 46.5. The second-order valence-electron chi connectivity index (χ2n) is 18.9. The quantitative estimate of drug-likeness (QED) is 0.0615. The predicted molar refractivity (Wildman–Crippen MR) is 313 cm³/mol. The molecule has 0 saturated carbocycles. The Hall–Kier alpha value is -9.37. The lowest BCUT2D eigenvalue weighted by atomic mass is 9.99. The van der Waals surface area contributed by atoms with E-state index >= 15 is 0 Å². The largest absolute Gasteiger partial charge is 0.497 e. The Kier molecular flexibility index (Phi) is 26.6. The molecule has 1 aliphatic rings. The van der Waals surface area contributed by atoms with Gasteiger partial charge in [0, 0.05) is 76.7 Å². The Morgan fingerprint density at radius 3 is 1.66 bits per heavy atom. The maximum absolute atomic E-state index is 10.7. The maximum Gasteiger partial charge on any atom is 0.391 e. The van der Waals surface area contributed by atoms with E-state index in [2.05, 4.69) is 76.6 Å². The molecule has 0 aliphatic carbocycles. The highest BCUT2D eigenvalue weighted by atomic mass is 16.5. The van der Waals surface area contributed by atoms with E-state index in [4.69, 9.17) is 50.6 Å². The number of carbonyl (C=O) groups excluding carboxylic acids is 1. The molecule has 0 bridgehead atoms. The third-order valence-corrected chi connectivity index (χ3v) is 12.6. The van der Waals surface area contributed by atoms with Gasteiger partial charge in [0.2, 0.25) is 32.9 Å². The summed E-state index contributed by atoms with van der Waals surface area (Å²) in [6, 6.07) is 26.2. The molecule has 17 heteroatoms. The van der Waals surface area contributed by atoms with Crippen LogP contribution in [0, 0.1) is 82.4 Å². The molecule has 79 heavy (non-hydrogen) atoms. The molecular weight excluding hydrogens is 995 g/mol. The van der Waals surface area contributed by atoms with Gasteiger partial charge in [-0.25, -0.2) is 0 Å². The predicted octanol–water partition coefficient (Wildman–Crippen LogP) is 16.9. The van der Waals surface area contributed by atoms with Crippen molar-refractivity contribution in [1.29, 1.82) is 27.0 Å². The van der Waals surface area contributed by atoms with Gasteiger partial charge in [0.1, 0.15) is 48.1 Å². The molecule has 1 amide bonds. The first-order chi connectivity index (χ1) is 37.8. The van der Waals surface area contributed by atoms with Crippen molar-refractivity contribution in [3.8, 4) is 28.7 Å². The first-order valence-corrected chi connectivity index (χ1v) is 26.2. The zero-order valence-electron chi connectivity index (χ0n) is 48.2. The summed E-state index contributed by atoms with van der Waals surface area (Å²) in [4.78, 5) is 26.8. The average molecular weight is 1070 g/mol. The first kappa shape index (κ1) is 63.9. The summed E-state index contributed by atoms with van der Waals surface area (Å²) < 4.78 is 27.9. The van der Waals surface area contributed by atoms with Gasteiger partial charge in [-0.1, -0.05) is 25.5 Å². The van der Waals surface area contributed by atoms with Crippen LogP contribution in [-0.4, -0.2) is 45.5 Å². The number of ether oxygens (including phenoxy) is 5. The van der Waals surface area contributed by atoms with Crippen LogP contribution in [0.1, 0.15) is 101 Å². The molecule has 7 rings (SSSR count). The zero-order valence-corrected chi connectivity index (χ0v) is 48.2. The summed E-state index contributed by atoms with van der Waals surface area (Å²) in [6.45, 7) is 29.0. The second-order valence-corrected chi connectivity index (χ2v) is 18.9. The number of fused-ring (bicyclic) bond motifs is 1. The van der Waals surface area contributed by atoms with Gasteiger partial charge in [0.15, 0.2) is 24.9 Å². The van der Waals surface area contributed by atoms with Crippen LogP contribution >= 0.6 is 0 Å². The number of nitrogens with zero attached hydrogens (tertiary/aromatic N) is 10. The Labute approximate surface area is 466 Å². The number of methoxy groups -OCH3 is 1. The fourth-order valence-electron chi connectivity index (χ4n) is 8.47. The summed E-state index contributed by atoms with van der Waals surface area (Å²) in [6.07, 6.45) is 6.29. The number of amides is 1. The van der Waals surface area contributed by atoms with E-state index in [9.17, 15) is 4.79 Å². The van der Waals surface area contributed by atoms with E-state index in [1.807, 2.05) is 115 Å². The Balaban J connectivity index is 0.000000266. The summed E-state index contributed by atoms with van der Waals surface area (Å²) >= 11 is 0. The van der Waals surface area contributed by atoms with Crippen LogP contribution in [0.2, 0.25) is 0 Å². The van der Waals surface area contributed by atoms with Gasteiger partial charge in [-0.3, -0.25) is 4.79 Å². The third-order valence-electron chi connectivity index (χ3n) is 12.6. The molecule has 1 heterocycles. The fraction of sp³-hybridized carbons (Fsp3) is 0.371. The Morgan fingerprint density at radius 2 is 1.18 bits per heavy atom. The monoisotopic (exact) mass is 1070 g/mol. The Bertz CT molecular complexity index is 3170. The van der Waals surface area contributed by atoms with Crippen LogP contribution in [0.5, 0.6) is 28.7 Å². The number of aryl methyl sites for hydroxylation is 10. The van der Waals surface area contributed by atoms with Crippen molar-refractivity contribution in [3.05, 3.63) is 189 Å². The van der Waals surface area contributed by atoms with Gasteiger partial charge in [-0.05, 0) is 171 Å². The minimum Gasteiger partial charge on any atom is -0.497 e. The van der Waals surface area contributed by atoms with Crippen molar-refractivity contribution in [2.75, 3.05) is 33.5 Å². The summed E-state index contributed by atoms with van der Waals surface area (Å²) in [5.74, 6) is 3.94. The number of nitrogens with one attached hydrogen (secondary N) is 1. The smallest absolute Gasteiger partial charge is 0.391 e. The SMILES string of the molecule is C=CCc1cc([N+]#N)cc2c1OCCC2.CC(=O)NCCOc1c(C)cc([N+]#N)cc1C.CCc1cc(C)cc(CC)c1[N+]#N.COc1ccc(OCC(C)Oc2cc(C)c([N+]#N)c(C)c2)cc1.Cc1cc([N+]#N)cc(C)c1C. The lowest BCUT2D eigenvalue weighted by molar-refractivity contribution is -0.119. The highest BCUT2D eigenvalue weighted by Crippen LogP contribution is 2.35. The Morgan fingerprint density at radius 1 is 0.658 bits per heavy atom. The number of diazo groups is 5. The van der Waals surface area contributed by atoms with Gasteiger partial charge >= 0.3 is 28.4 Å².